The maximum absolute atomic E-state index is 11.1. The van der Waals surface area contributed by atoms with Gasteiger partial charge in [-0.1, -0.05) is 0 Å². The molecule has 3 unspecified atom stereocenters. The first kappa shape index (κ1) is 6.89. The fourth-order valence-electron chi connectivity index (χ4n) is 3.39. The van der Waals surface area contributed by atoms with Gasteiger partial charge < -0.3 is 5.11 Å². The van der Waals surface area contributed by atoms with E-state index in [4.69, 9.17) is 5.11 Å². The number of hydrogen-bond donors (Lipinski definition) is 1. The van der Waals surface area contributed by atoms with Gasteiger partial charge in [0.1, 0.15) is 5.54 Å². The Morgan fingerprint density at radius 1 is 1.50 bits per heavy atom. The molecule has 0 aromatic heterocycles. The van der Waals surface area contributed by atoms with Crippen LogP contribution in [-0.2, 0) is 4.79 Å². The van der Waals surface area contributed by atoms with Crippen molar-refractivity contribution in [2.75, 3.05) is 0 Å². The predicted octanol–water partition coefficient (Wildman–Crippen LogP) is 0.840. The normalized spacial score (nSPS) is 50.3. The number of carboxylic acids is 1. The van der Waals surface area contributed by atoms with Crippen LogP contribution in [0.15, 0.2) is 0 Å². The molecule has 66 valence electrons. The highest BCUT2D eigenvalue weighted by atomic mass is 16.4. The van der Waals surface area contributed by atoms with E-state index in [1.807, 2.05) is 0 Å². The number of carboxylic acid groups (broad SMARTS) is 1. The maximum atomic E-state index is 11.1. The van der Waals surface area contributed by atoms with Crippen LogP contribution in [-0.4, -0.2) is 33.6 Å². The summed E-state index contributed by atoms with van der Waals surface area (Å²) in [5, 5.41) is 9.12. The van der Waals surface area contributed by atoms with Gasteiger partial charge in [0.05, 0.1) is 0 Å². The highest BCUT2D eigenvalue weighted by Gasteiger charge is 2.66. The largest absolute Gasteiger partial charge is 0.480 e. The summed E-state index contributed by atoms with van der Waals surface area (Å²) >= 11 is 0. The van der Waals surface area contributed by atoms with E-state index in [0.29, 0.717) is 12.1 Å². The van der Waals surface area contributed by atoms with Gasteiger partial charge in [-0.15, -0.1) is 0 Å². The molecule has 12 heavy (non-hydrogen) atoms. The Balaban J connectivity index is 1.92. The lowest BCUT2D eigenvalue weighted by Gasteiger charge is -2.69. The van der Waals surface area contributed by atoms with Crippen LogP contribution in [0, 0.1) is 0 Å². The number of nitrogens with zero attached hydrogens (tertiary/aromatic N) is 1. The zero-order chi connectivity index (χ0) is 8.34. The Bertz CT molecular complexity index is 247. The Hall–Kier alpha value is -0.570. The highest BCUT2D eigenvalue weighted by molar-refractivity contribution is 5.81. The average Bonchev–Trinajstić information content (AvgIpc) is 1.91. The van der Waals surface area contributed by atoms with Gasteiger partial charge in [0.2, 0.25) is 0 Å². The van der Waals surface area contributed by atoms with Crippen LogP contribution in [0.5, 0.6) is 0 Å². The van der Waals surface area contributed by atoms with Crippen molar-refractivity contribution in [1.29, 1.82) is 0 Å². The average molecular weight is 167 g/mol. The zero-order valence-electron chi connectivity index (χ0n) is 6.99. The summed E-state index contributed by atoms with van der Waals surface area (Å²) in [6.07, 6.45) is 5.40. The monoisotopic (exact) mass is 167 g/mol. The minimum Gasteiger partial charge on any atom is -0.480 e. The van der Waals surface area contributed by atoms with E-state index in [1.54, 1.807) is 0 Å². The Morgan fingerprint density at radius 3 is 2.92 bits per heavy atom. The van der Waals surface area contributed by atoms with Gasteiger partial charge in [-0.05, 0) is 32.1 Å². The molecule has 0 radical (unpaired) electrons. The summed E-state index contributed by atoms with van der Waals surface area (Å²) in [5.41, 5.74) is -0.411. The molecule has 3 aliphatic heterocycles. The number of rotatable bonds is 1. The molecule has 0 spiro atoms. The topological polar surface area (TPSA) is 40.5 Å². The molecule has 0 amide bonds. The van der Waals surface area contributed by atoms with E-state index >= 15 is 0 Å². The van der Waals surface area contributed by atoms with E-state index < -0.39 is 11.5 Å². The van der Waals surface area contributed by atoms with E-state index in [-0.39, 0.29) is 0 Å². The number of aliphatic carboxylic acids is 1. The predicted molar refractivity (Wildman–Crippen MR) is 42.9 cm³/mol. The lowest BCUT2D eigenvalue weighted by Crippen LogP contribution is -2.80. The minimum atomic E-state index is -0.580. The first-order chi connectivity index (χ1) is 5.74. The van der Waals surface area contributed by atoms with Crippen molar-refractivity contribution in [2.45, 2.75) is 49.7 Å². The summed E-state index contributed by atoms with van der Waals surface area (Å²) < 4.78 is 0. The lowest BCUT2D eigenvalue weighted by atomic mass is 9.61. The molecule has 3 aliphatic rings. The van der Waals surface area contributed by atoms with Crippen molar-refractivity contribution in [3.05, 3.63) is 0 Å². The number of hydrogen-bond acceptors (Lipinski definition) is 2. The first-order valence-corrected chi connectivity index (χ1v) is 4.76. The number of carbonyl (C=O) groups is 1. The minimum absolute atomic E-state index is 0.411. The third-order valence-electron chi connectivity index (χ3n) is 3.92. The van der Waals surface area contributed by atoms with E-state index in [0.717, 1.165) is 19.3 Å². The van der Waals surface area contributed by atoms with Crippen LogP contribution < -0.4 is 0 Å². The maximum Gasteiger partial charge on any atom is 0.324 e. The summed E-state index contributed by atoms with van der Waals surface area (Å²) in [4.78, 5) is 13.3. The molecule has 3 rings (SSSR count). The van der Waals surface area contributed by atoms with Crippen molar-refractivity contribution in [3.8, 4) is 0 Å². The third kappa shape index (κ3) is 0.534. The molecule has 3 heterocycles. The van der Waals surface area contributed by atoms with Gasteiger partial charge in [-0.3, -0.25) is 9.69 Å². The van der Waals surface area contributed by atoms with Crippen molar-refractivity contribution in [3.63, 3.8) is 0 Å². The third-order valence-corrected chi connectivity index (χ3v) is 3.92. The molecule has 0 aromatic carbocycles. The zero-order valence-corrected chi connectivity index (χ0v) is 6.99. The summed E-state index contributed by atoms with van der Waals surface area (Å²) in [6.45, 7) is 0. The number of piperidine rings is 2. The van der Waals surface area contributed by atoms with Gasteiger partial charge in [0, 0.05) is 12.1 Å². The quantitative estimate of drug-likeness (QED) is 0.629. The molecule has 3 fully saturated rings. The molecule has 3 heteroatoms. The van der Waals surface area contributed by atoms with E-state index in [9.17, 15) is 4.79 Å². The molecular formula is C9H13NO2. The second-order valence-electron chi connectivity index (χ2n) is 4.38. The SMILES string of the molecule is O=C(O)C12CCCC3CC(C1)N32. The van der Waals surface area contributed by atoms with E-state index in [2.05, 4.69) is 4.90 Å². The standard InChI is InChI=1S/C9H13NO2/c11-8(12)9-3-1-2-6-4-7(5-9)10(6)9/h6-7H,1-5H2,(H,11,12). The summed E-state index contributed by atoms with van der Waals surface area (Å²) in [5.74, 6) is -0.580. The van der Waals surface area contributed by atoms with Gasteiger partial charge in [0.25, 0.3) is 0 Å². The summed E-state index contributed by atoms with van der Waals surface area (Å²) in [6, 6.07) is 1.25. The molecule has 3 saturated heterocycles. The Kier molecular flexibility index (Phi) is 1.06. The fourth-order valence-corrected chi connectivity index (χ4v) is 3.39. The van der Waals surface area contributed by atoms with Crippen LogP contribution in [0.4, 0.5) is 0 Å². The van der Waals surface area contributed by atoms with Crippen LogP contribution in [0.1, 0.15) is 32.1 Å². The molecule has 0 bridgehead atoms. The molecule has 1 N–H and O–H groups in total. The summed E-state index contributed by atoms with van der Waals surface area (Å²) in [7, 11) is 0. The Morgan fingerprint density at radius 2 is 2.33 bits per heavy atom. The first-order valence-electron chi connectivity index (χ1n) is 4.76. The molecule has 3 nitrogen and oxygen atoms in total. The molecule has 3 atom stereocenters. The highest BCUT2D eigenvalue weighted by Crippen LogP contribution is 2.55. The lowest BCUT2D eigenvalue weighted by molar-refractivity contribution is -0.221. The van der Waals surface area contributed by atoms with Crippen molar-refractivity contribution < 1.29 is 9.90 Å². The van der Waals surface area contributed by atoms with Crippen LogP contribution in [0.3, 0.4) is 0 Å². The second-order valence-corrected chi connectivity index (χ2v) is 4.38. The fraction of sp³-hybridized carbons (Fsp3) is 0.889. The smallest absolute Gasteiger partial charge is 0.324 e. The van der Waals surface area contributed by atoms with E-state index in [1.165, 1.54) is 12.8 Å². The van der Waals surface area contributed by atoms with Crippen LogP contribution in [0.25, 0.3) is 0 Å². The van der Waals surface area contributed by atoms with Gasteiger partial charge in [-0.25, -0.2) is 0 Å². The van der Waals surface area contributed by atoms with Gasteiger partial charge in [0.15, 0.2) is 0 Å². The van der Waals surface area contributed by atoms with Gasteiger partial charge >= 0.3 is 5.97 Å². The van der Waals surface area contributed by atoms with Crippen LogP contribution >= 0.6 is 0 Å². The second kappa shape index (κ2) is 1.84. The molecule has 0 aliphatic carbocycles. The van der Waals surface area contributed by atoms with Crippen LogP contribution in [0.2, 0.25) is 0 Å². The molecule has 0 aromatic rings. The van der Waals surface area contributed by atoms with Gasteiger partial charge in [-0.2, -0.15) is 0 Å². The molecular weight excluding hydrogens is 154 g/mol. The Labute approximate surface area is 71.4 Å². The van der Waals surface area contributed by atoms with Crippen molar-refractivity contribution in [2.24, 2.45) is 0 Å². The molecule has 0 saturated carbocycles. The van der Waals surface area contributed by atoms with Crippen molar-refractivity contribution in [1.82, 2.24) is 4.90 Å². The van der Waals surface area contributed by atoms with Crippen molar-refractivity contribution >= 4 is 5.97 Å².